The Kier molecular flexibility index (Phi) is 6.22. The summed E-state index contributed by atoms with van der Waals surface area (Å²) in [6.45, 7) is 3.85. The number of hydrogen-bond acceptors (Lipinski definition) is 5. The second-order valence-electron chi connectivity index (χ2n) is 8.03. The zero-order valence-electron chi connectivity index (χ0n) is 18.2. The third kappa shape index (κ3) is 4.62. The van der Waals surface area contributed by atoms with Crippen molar-refractivity contribution in [2.24, 2.45) is 0 Å². The van der Waals surface area contributed by atoms with Crippen molar-refractivity contribution in [1.29, 1.82) is 0 Å². The minimum atomic E-state index is -0.826. The van der Waals surface area contributed by atoms with Crippen LogP contribution in [0, 0.1) is 5.82 Å². The van der Waals surface area contributed by atoms with Crippen molar-refractivity contribution in [2.75, 3.05) is 0 Å². The molecule has 1 amide bonds. The predicted molar refractivity (Wildman–Crippen MR) is 121 cm³/mol. The molecule has 1 aliphatic heterocycles. The summed E-state index contributed by atoms with van der Waals surface area (Å²) >= 11 is 0. The number of ether oxygens (including phenoxy) is 1. The first-order valence-electron chi connectivity index (χ1n) is 10.5. The van der Waals surface area contributed by atoms with E-state index in [1.807, 2.05) is 13.8 Å². The number of carbonyl (C=O) groups excluding carboxylic acids is 2. The van der Waals surface area contributed by atoms with Gasteiger partial charge in [0, 0.05) is 24.5 Å². The molecule has 0 bridgehead atoms. The molecule has 6 nitrogen and oxygen atoms in total. The molecule has 1 unspecified atom stereocenters. The normalized spacial score (nSPS) is 17.6. The number of Topliss-reactive ketones (excluding diaryl/α,β-unsaturated/α-hetero) is 1. The first-order valence-corrected chi connectivity index (χ1v) is 10.5. The number of amides is 1. The summed E-state index contributed by atoms with van der Waals surface area (Å²) in [5, 5.41) is 11.2. The van der Waals surface area contributed by atoms with E-state index in [9.17, 15) is 19.1 Å². The minimum absolute atomic E-state index is 0.0185. The number of hydrogen-bond donors (Lipinski definition) is 1. The lowest BCUT2D eigenvalue weighted by Crippen LogP contribution is -2.29. The van der Waals surface area contributed by atoms with Gasteiger partial charge in [0.15, 0.2) is 0 Å². The van der Waals surface area contributed by atoms with Gasteiger partial charge in [0.1, 0.15) is 17.3 Å². The van der Waals surface area contributed by atoms with Crippen LogP contribution in [0.5, 0.6) is 5.75 Å². The second-order valence-corrected chi connectivity index (χ2v) is 8.03. The lowest BCUT2D eigenvalue weighted by molar-refractivity contribution is -0.140. The zero-order valence-corrected chi connectivity index (χ0v) is 18.2. The van der Waals surface area contributed by atoms with Crippen molar-refractivity contribution in [2.45, 2.75) is 32.5 Å². The van der Waals surface area contributed by atoms with Crippen LogP contribution >= 0.6 is 0 Å². The van der Waals surface area contributed by atoms with Crippen LogP contribution in [0.4, 0.5) is 4.39 Å². The predicted octanol–water partition coefficient (Wildman–Crippen LogP) is 4.63. The largest absolute Gasteiger partial charge is 0.507 e. The van der Waals surface area contributed by atoms with Crippen LogP contribution in [0.1, 0.15) is 36.6 Å². The number of nitrogens with zero attached hydrogens (tertiary/aromatic N) is 2. The lowest BCUT2D eigenvalue weighted by atomic mass is 9.95. The second kappa shape index (κ2) is 9.24. The average Bonchev–Trinajstić information content (AvgIpc) is 3.05. The summed E-state index contributed by atoms with van der Waals surface area (Å²) in [6.07, 6.45) is 3.05. The number of halogens is 1. The number of pyridine rings is 1. The van der Waals surface area contributed by atoms with Crippen molar-refractivity contribution in [3.63, 3.8) is 0 Å². The highest BCUT2D eigenvalue weighted by Gasteiger charge is 2.46. The topological polar surface area (TPSA) is 79.7 Å². The molecule has 1 fully saturated rings. The highest BCUT2D eigenvalue weighted by atomic mass is 19.1. The molecule has 33 heavy (non-hydrogen) atoms. The standard InChI is InChI=1S/C26H23FN2O4/c1-16(2)33-21-5-3-4-19(14-21)24(30)22-23(18-10-12-28-13-11-18)29(26(32)25(22)31)15-17-6-8-20(27)9-7-17/h3-14,16,23,30H,15H2,1-2H3/b24-22-. The van der Waals surface area contributed by atoms with E-state index < -0.39 is 23.5 Å². The molecule has 0 aliphatic carbocycles. The summed E-state index contributed by atoms with van der Waals surface area (Å²) in [5.74, 6) is -1.67. The van der Waals surface area contributed by atoms with Gasteiger partial charge < -0.3 is 14.7 Å². The van der Waals surface area contributed by atoms with Gasteiger partial charge in [-0.25, -0.2) is 4.39 Å². The van der Waals surface area contributed by atoms with Crippen LogP contribution in [-0.4, -0.2) is 32.8 Å². The quantitative estimate of drug-likeness (QED) is 0.339. The monoisotopic (exact) mass is 446 g/mol. The fraction of sp³-hybridized carbons (Fsp3) is 0.192. The van der Waals surface area contributed by atoms with Crippen LogP contribution in [0.3, 0.4) is 0 Å². The molecule has 0 radical (unpaired) electrons. The van der Waals surface area contributed by atoms with Crippen LogP contribution in [0.2, 0.25) is 0 Å². The number of carbonyl (C=O) groups is 2. The van der Waals surface area contributed by atoms with E-state index in [2.05, 4.69) is 4.98 Å². The molecule has 0 spiro atoms. The Balaban J connectivity index is 1.81. The lowest BCUT2D eigenvalue weighted by Gasteiger charge is -2.25. The zero-order chi connectivity index (χ0) is 23.5. The first kappa shape index (κ1) is 22.2. The van der Waals surface area contributed by atoms with Crippen molar-refractivity contribution in [1.82, 2.24) is 9.88 Å². The SMILES string of the molecule is CC(C)Oc1cccc(/C(O)=C2/C(=O)C(=O)N(Cc3ccc(F)cc3)C2c2ccncc2)c1. The number of rotatable bonds is 6. The van der Waals surface area contributed by atoms with Crippen LogP contribution < -0.4 is 4.74 Å². The van der Waals surface area contributed by atoms with E-state index in [1.165, 1.54) is 17.0 Å². The Bertz CT molecular complexity index is 1210. The van der Waals surface area contributed by atoms with Gasteiger partial charge >= 0.3 is 0 Å². The molecule has 1 saturated heterocycles. The Labute approximate surface area is 191 Å². The van der Waals surface area contributed by atoms with E-state index >= 15 is 0 Å². The fourth-order valence-corrected chi connectivity index (χ4v) is 3.87. The molecule has 2 aromatic carbocycles. The smallest absolute Gasteiger partial charge is 0.295 e. The Morgan fingerprint density at radius 3 is 2.45 bits per heavy atom. The molecule has 4 rings (SSSR count). The molecule has 1 aromatic heterocycles. The number of benzene rings is 2. The van der Waals surface area contributed by atoms with E-state index in [0.29, 0.717) is 22.4 Å². The van der Waals surface area contributed by atoms with Gasteiger partial charge in [-0.2, -0.15) is 0 Å². The number of aliphatic hydroxyl groups excluding tert-OH is 1. The molecular formula is C26H23FN2O4. The Morgan fingerprint density at radius 2 is 1.79 bits per heavy atom. The summed E-state index contributed by atoms with van der Waals surface area (Å²) in [6, 6.07) is 15.0. The maximum absolute atomic E-state index is 13.4. The van der Waals surface area contributed by atoms with Crippen LogP contribution in [-0.2, 0) is 16.1 Å². The van der Waals surface area contributed by atoms with Crippen molar-refractivity contribution in [3.05, 3.63) is 101 Å². The molecule has 3 aromatic rings. The van der Waals surface area contributed by atoms with Gasteiger partial charge in [0.25, 0.3) is 11.7 Å². The van der Waals surface area contributed by atoms with Gasteiger partial charge in [-0.05, 0) is 61.4 Å². The highest BCUT2D eigenvalue weighted by Crippen LogP contribution is 2.40. The summed E-state index contributed by atoms with van der Waals surface area (Å²) < 4.78 is 19.1. The maximum atomic E-state index is 13.4. The summed E-state index contributed by atoms with van der Waals surface area (Å²) in [4.78, 5) is 31.5. The molecule has 0 saturated carbocycles. The van der Waals surface area contributed by atoms with Crippen molar-refractivity contribution < 1.29 is 23.8 Å². The van der Waals surface area contributed by atoms with E-state index in [1.54, 1.807) is 60.9 Å². The van der Waals surface area contributed by atoms with Gasteiger partial charge in [-0.15, -0.1) is 0 Å². The van der Waals surface area contributed by atoms with Gasteiger partial charge in [0.05, 0.1) is 17.7 Å². The molecular weight excluding hydrogens is 423 g/mol. The maximum Gasteiger partial charge on any atom is 0.295 e. The molecule has 7 heteroatoms. The number of aliphatic hydroxyl groups is 1. The van der Waals surface area contributed by atoms with Crippen LogP contribution in [0.25, 0.3) is 5.76 Å². The summed E-state index contributed by atoms with van der Waals surface area (Å²) in [7, 11) is 0. The van der Waals surface area contributed by atoms with Gasteiger partial charge in [-0.1, -0.05) is 24.3 Å². The molecule has 168 valence electrons. The number of ketones is 1. The third-order valence-corrected chi connectivity index (χ3v) is 5.31. The van der Waals surface area contributed by atoms with E-state index in [4.69, 9.17) is 4.74 Å². The first-order chi connectivity index (χ1) is 15.8. The Morgan fingerprint density at radius 1 is 1.09 bits per heavy atom. The van der Waals surface area contributed by atoms with Crippen molar-refractivity contribution >= 4 is 17.4 Å². The molecule has 2 heterocycles. The number of likely N-dealkylation sites (tertiary alicyclic amines) is 1. The van der Waals surface area contributed by atoms with E-state index in [-0.39, 0.29) is 24.0 Å². The number of aromatic nitrogens is 1. The third-order valence-electron chi connectivity index (χ3n) is 5.31. The molecule has 1 atom stereocenters. The van der Waals surface area contributed by atoms with Gasteiger partial charge in [0.2, 0.25) is 0 Å². The fourth-order valence-electron chi connectivity index (χ4n) is 3.87. The van der Waals surface area contributed by atoms with Crippen LogP contribution in [0.15, 0.2) is 78.6 Å². The molecule has 1 aliphatic rings. The van der Waals surface area contributed by atoms with Gasteiger partial charge in [-0.3, -0.25) is 14.6 Å². The average molecular weight is 446 g/mol. The Hall–Kier alpha value is -4.00. The molecule has 1 N–H and O–H groups in total. The minimum Gasteiger partial charge on any atom is -0.507 e. The highest BCUT2D eigenvalue weighted by molar-refractivity contribution is 6.46. The van der Waals surface area contributed by atoms with E-state index in [0.717, 1.165) is 0 Å². The van der Waals surface area contributed by atoms with Crippen molar-refractivity contribution in [3.8, 4) is 5.75 Å². The summed E-state index contributed by atoms with van der Waals surface area (Å²) in [5.41, 5.74) is 1.63.